The Balaban J connectivity index is 3.31. The highest BCUT2D eigenvalue weighted by molar-refractivity contribution is 6.36. The van der Waals surface area contributed by atoms with E-state index in [4.69, 9.17) is 28.5 Å². The van der Waals surface area contributed by atoms with Crippen molar-refractivity contribution in [3.05, 3.63) is 33.8 Å². The molecule has 0 bridgehead atoms. The Labute approximate surface area is 92.1 Å². The van der Waals surface area contributed by atoms with Gasteiger partial charge in [0.15, 0.2) is 5.78 Å². The number of carbonyl (C=O) groups excluding carboxylic acids is 1. The lowest BCUT2D eigenvalue weighted by atomic mass is 9.97. The molecule has 0 aliphatic rings. The number of benzene rings is 1. The van der Waals surface area contributed by atoms with Crippen LogP contribution in [0.5, 0.6) is 0 Å². The standard InChI is InChI=1S/C10H7Cl2NO/c1-6(14)7(5-13)10-8(11)3-2-4-9(10)12/h2-4,7H,1H3/t7-/m0/s1. The van der Waals surface area contributed by atoms with Gasteiger partial charge in [0.05, 0.1) is 6.07 Å². The summed E-state index contributed by atoms with van der Waals surface area (Å²) in [5.41, 5.74) is 0.394. The molecule has 0 amide bonds. The van der Waals surface area contributed by atoms with E-state index in [9.17, 15) is 4.79 Å². The summed E-state index contributed by atoms with van der Waals surface area (Å²) in [4.78, 5) is 11.1. The topological polar surface area (TPSA) is 40.9 Å². The molecule has 2 nitrogen and oxygen atoms in total. The Bertz CT molecular complexity index is 389. The summed E-state index contributed by atoms with van der Waals surface area (Å²) in [7, 11) is 0. The van der Waals surface area contributed by atoms with Crippen LogP contribution in [0.2, 0.25) is 10.0 Å². The molecule has 0 radical (unpaired) electrons. The molecule has 0 spiro atoms. The molecule has 0 saturated carbocycles. The molecule has 1 rings (SSSR count). The Morgan fingerprint density at radius 1 is 1.43 bits per heavy atom. The van der Waals surface area contributed by atoms with E-state index in [-0.39, 0.29) is 5.78 Å². The van der Waals surface area contributed by atoms with Crippen LogP contribution in [0.15, 0.2) is 18.2 Å². The van der Waals surface area contributed by atoms with Crippen molar-refractivity contribution in [1.82, 2.24) is 0 Å². The van der Waals surface area contributed by atoms with Gasteiger partial charge in [0.25, 0.3) is 0 Å². The SMILES string of the molecule is CC(=O)[C@H](C#N)c1c(Cl)cccc1Cl. The maximum atomic E-state index is 11.1. The molecule has 0 heterocycles. The first-order valence-corrected chi connectivity index (χ1v) is 4.67. The van der Waals surface area contributed by atoms with E-state index in [1.807, 2.05) is 6.07 Å². The zero-order valence-corrected chi connectivity index (χ0v) is 8.93. The van der Waals surface area contributed by atoms with Crippen LogP contribution in [-0.4, -0.2) is 5.78 Å². The number of Topliss-reactive ketones (excluding diaryl/α,β-unsaturated/α-hetero) is 1. The summed E-state index contributed by atoms with van der Waals surface area (Å²) in [5, 5.41) is 9.50. The van der Waals surface area contributed by atoms with Crippen molar-refractivity contribution < 1.29 is 4.79 Å². The van der Waals surface area contributed by atoms with E-state index in [1.54, 1.807) is 18.2 Å². The number of carbonyl (C=O) groups is 1. The molecule has 0 saturated heterocycles. The van der Waals surface area contributed by atoms with Crippen molar-refractivity contribution >= 4 is 29.0 Å². The number of hydrogen-bond acceptors (Lipinski definition) is 2. The monoisotopic (exact) mass is 227 g/mol. The first kappa shape index (κ1) is 11.0. The third-order valence-electron chi connectivity index (χ3n) is 1.82. The average Bonchev–Trinajstić information content (AvgIpc) is 2.10. The van der Waals surface area contributed by atoms with Gasteiger partial charge in [-0.1, -0.05) is 29.3 Å². The lowest BCUT2D eigenvalue weighted by Crippen LogP contribution is -2.07. The third kappa shape index (κ3) is 2.06. The molecule has 1 aromatic carbocycles. The van der Waals surface area contributed by atoms with Crippen LogP contribution in [0.4, 0.5) is 0 Å². The van der Waals surface area contributed by atoms with Crippen LogP contribution in [-0.2, 0) is 4.79 Å². The Morgan fingerprint density at radius 2 is 1.93 bits per heavy atom. The second-order valence-corrected chi connectivity index (χ2v) is 3.62. The van der Waals surface area contributed by atoms with Crippen molar-refractivity contribution in [3.63, 3.8) is 0 Å². The van der Waals surface area contributed by atoms with E-state index in [0.29, 0.717) is 15.6 Å². The highest BCUT2D eigenvalue weighted by Gasteiger charge is 2.21. The molecule has 72 valence electrons. The molecule has 0 aliphatic carbocycles. The van der Waals surface area contributed by atoms with Gasteiger partial charge in [-0.05, 0) is 19.1 Å². The van der Waals surface area contributed by atoms with Gasteiger partial charge < -0.3 is 0 Å². The summed E-state index contributed by atoms with van der Waals surface area (Å²) >= 11 is 11.7. The summed E-state index contributed by atoms with van der Waals surface area (Å²) < 4.78 is 0. The van der Waals surface area contributed by atoms with Crippen LogP contribution >= 0.6 is 23.2 Å². The van der Waals surface area contributed by atoms with Gasteiger partial charge >= 0.3 is 0 Å². The first-order chi connectivity index (χ1) is 6.57. The lowest BCUT2D eigenvalue weighted by Gasteiger charge is -2.09. The number of hydrogen-bond donors (Lipinski definition) is 0. The minimum Gasteiger partial charge on any atom is -0.298 e. The number of nitrogens with zero attached hydrogens (tertiary/aromatic N) is 1. The fourth-order valence-electron chi connectivity index (χ4n) is 1.15. The van der Waals surface area contributed by atoms with Crippen molar-refractivity contribution in [1.29, 1.82) is 5.26 Å². The number of halogens is 2. The molecule has 0 unspecified atom stereocenters. The van der Waals surface area contributed by atoms with Crippen molar-refractivity contribution in [2.24, 2.45) is 0 Å². The van der Waals surface area contributed by atoms with Crippen LogP contribution in [0.1, 0.15) is 18.4 Å². The molecular weight excluding hydrogens is 221 g/mol. The largest absolute Gasteiger partial charge is 0.298 e. The van der Waals surface area contributed by atoms with Crippen molar-refractivity contribution in [3.8, 4) is 6.07 Å². The maximum absolute atomic E-state index is 11.1. The van der Waals surface area contributed by atoms with E-state index >= 15 is 0 Å². The molecule has 0 aromatic heterocycles. The quantitative estimate of drug-likeness (QED) is 0.779. The fraction of sp³-hybridized carbons (Fsp3) is 0.200. The highest BCUT2D eigenvalue weighted by Crippen LogP contribution is 2.31. The Hall–Kier alpha value is -1.04. The number of nitriles is 1. The van der Waals surface area contributed by atoms with Crippen LogP contribution in [0, 0.1) is 11.3 Å². The smallest absolute Gasteiger partial charge is 0.151 e. The van der Waals surface area contributed by atoms with Crippen LogP contribution < -0.4 is 0 Å². The van der Waals surface area contributed by atoms with Gasteiger partial charge in [-0.2, -0.15) is 5.26 Å². The van der Waals surface area contributed by atoms with Crippen molar-refractivity contribution in [2.45, 2.75) is 12.8 Å². The van der Waals surface area contributed by atoms with Crippen molar-refractivity contribution in [2.75, 3.05) is 0 Å². The highest BCUT2D eigenvalue weighted by atomic mass is 35.5. The van der Waals surface area contributed by atoms with Gasteiger partial charge in [-0.3, -0.25) is 4.79 Å². The average molecular weight is 228 g/mol. The van der Waals surface area contributed by atoms with E-state index < -0.39 is 5.92 Å². The molecule has 0 fully saturated rings. The minimum atomic E-state index is -0.879. The van der Waals surface area contributed by atoms with Crippen LogP contribution in [0.25, 0.3) is 0 Å². The summed E-state index contributed by atoms with van der Waals surface area (Å²) in [6, 6.07) is 6.76. The predicted molar refractivity (Wildman–Crippen MR) is 55.5 cm³/mol. The van der Waals surface area contributed by atoms with Gasteiger partial charge in [-0.25, -0.2) is 0 Å². The van der Waals surface area contributed by atoms with E-state index in [2.05, 4.69) is 0 Å². The number of ketones is 1. The molecule has 0 aliphatic heterocycles. The molecule has 0 N–H and O–H groups in total. The fourth-order valence-corrected chi connectivity index (χ4v) is 1.76. The molecule has 4 heteroatoms. The minimum absolute atomic E-state index is 0.262. The molecule has 1 atom stereocenters. The maximum Gasteiger partial charge on any atom is 0.151 e. The summed E-state index contributed by atoms with van der Waals surface area (Å²) in [6.45, 7) is 1.34. The first-order valence-electron chi connectivity index (χ1n) is 3.92. The Morgan fingerprint density at radius 3 is 2.29 bits per heavy atom. The van der Waals surface area contributed by atoms with Gasteiger partial charge in [0.1, 0.15) is 5.92 Å². The Kier molecular flexibility index (Phi) is 3.51. The normalized spacial score (nSPS) is 11.9. The molecular formula is C10H7Cl2NO. The second kappa shape index (κ2) is 4.45. The van der Waals surface area contributed by atoms with Crippen LogP contribution in [0.3, 0.4) is 0 Å². The number of rotatable bonds is 2. The summed E-state index contributed by atoms with van der Waals surface area (Å²) in [6.07, 6.45) is 0. The van der Waals surface area contributed by atoms with E-state index in [1.165, 1.54) is 6.92 Å². The predicted octanol–water partition coefficient (Wildman–Crippen LogP) is 3.19. The zero-order chi connectivity index (χ0) is 10.7. The van der Waals surface area contributed by atoms with E-state index in [0.717, 1.165) is 0 Å². The van der Waals surface area contributed by atoms with Gasteiger partial charge in [0.2, 0.25) is 0 Å². The third-order valence-corrected chi connectivity index (χ3v) is 2.48. The molecule has 1 aromatic rings. The lowest BCUT2D eigenvalue weighted by molar-refractivity contribution is -0.117. The molecule has 14 heavy (non-hydrogen) atoms. The summed E-state index contributed by atoms with van der Waals surface area (Å²) in [5.74, 6) is -1.14. The zero-order valence-electron chi connectivity index (χ0n) is 7.42. The van der Waals surface area contributed by atoms with Gasteiger partial charge in [-0.15, -0.1) is 0 Å². The van der Waals surface area contributed by atoms with Gasteiger partial charge in [0, 0.05) is 15.6 Å². The second-order valence-electron chi connectivity index (χ2n) is 2.81.